The number of hydrogen-bond acceptors (Lipinski definition) is 6. The molecule has 0 saturated heterocycles. The number of aromatic nitrogens is 4. The van der Waals surface area contributed by atoms with Crippen molar-refractivity contribution < 1.29 is 9.53 Å². The summed E-state index contributed by atoms with van der Waals surface area (Å²) in [7, 11) is 0. The van der Waals surface area contributed by atoms with Gasteiger partial charge in [0.15, 0.2) is 0 Å². The summed E-state index contributed by atoms with van der Waals surface area (Å²) in [6.07, 6.45) is 2.96. The first-order chi connectivity index (χ1) is 12.1. The Morgan fingerprint density at radius 3 is 3.08 bits per heavy atom. The average Bonchev–Trinajstić information content (AvgIpc) is 3.35. The number of hydrogen-bond donors (Lipinski definition) is 1. The Balaban J connectivity index is 1.43. The smallest absolute Gasteiger partial charge is 0.233 e. The molecular formula is C16H18BrN5O2S. The SMILES string of the molecule is CC(Sc1nnnn1C1CC1)C(=O)NC1CCOc2ccc(Br)cc21. The van der Waals surface area contributed by atoms with Crippen LogP contribution in [0, 0.1) is 0 Å². The lowest BCUT2D eigenvalue weighted by molar-refractivity contribution is -0.121. The minimum Gasteiger partial charge on any atom is -0.493 e. The van der Waals surface area contributed by atoms with E-state index >= 15 is 0 Å². The highest BCUT2D eigenvalue weighted by molar-refractivity contribution is 9.10. The number of nitrogens with one attached hydrogen (secondary N) is 1. The van der Waals surface area contributed by atoms with Crippen molar-refractivity contribution in [1.82, 2.24) is 25.5 Å². The summed E-state index contributed by atoms with van der Waals surface area (Å²) in [5.74, 6) is 0.811. The minimum atomic E-state index is -0.276. The van der Waals surface area contributed by atoms with Crippen LogP contribution in [0.3, 0.4) is 0 Å². The number of benzene rings is 1. The fourth-order valence-corrected chi connectivity index (χ4v) is 4.07. The summed E-state index contributed by atoms with van der Waals surface area (Å²) >= 11 is 4.88. The van der Waals surface area contributed by atoms with E-state index in [1.54, 1.807) is 0 Å². The highest BCUT2D eigenvalue weighted by Crippen LogP contribution is 2.37. The van der Waals surface area contributed by atoms with Crippen molar-refractivity contribution in [3.8, 4) is 5.75 Å². The Labute approximate surface area is 158 Å². The fraction of sp³-hybridized carbons (Fsp3) is 0.500. The molecule has 7 nitrogen and oxygen atoms in total. The number of carbonyl (C=O) groups is 1. The van der Waals surface area contributed by atoms with E-state index < -0.39 is 0 Å². The van der Waals surface area contributed by atoms with Crippen LogP contribution in [0.1, 0.15) is 43.8 Å². The molecule has 2 aromatic rings. The van der Waals surface area contributed by atoms with Crippen molar-refractivity contribution in [1.29, 1.82) is 0 Å². The Morgan fingerprint density at radius 1 is 1.44 bits per heavy atom. The highest BCUT2D eigenvalue weighted by atomic mass is 79.9. The van der Waals surface area contributed by atoms with E-state index in [1.807, 2.05) is 29.8 Å². The van der Waals surface area contributed by atoms with Gasteiger partial charge in [-0.1, -0.05) is 27.7 Å². The predicted molar refractivity (Wildman–Crippen MR) is 96.5 cm³/mol. The highest BCUT2D eigenvalue weighted by Gasteiger charge is 2.30. The summed E-state index contributed by atoms with van der Waals surface area (Å²) in [4.78, 5) is 12.7. The molecule has 0 radical (unpaired) electrons. The van der Waals surface area contributed by atoms with E-state index in [4.69, 9.17) is 4.74 Å². The van der Waals surface area contributed by atoms with Gasteiger partial charge in [-0.2, -0.15) is 0 Å². The van der Waals surface area contributed by atoms with E-state index in [1.165, 1.54) is 11.8 Å². The summed E-state index contributed by atoms with van der Waals surface area (Å²) in [6, 6.07) is 6.23. The molecule has 9 heteroatoms. The van der Waals surface area contributed by atoms with Crippen LogP contribution in [0.4, 0.5) is 0 Å². The lowest BCUT2D eigenvalue weighted by Crippen LogP contribution is -2.36. The first kappa shape index (κ1) is 16.8. The molecule has 2 unspecified atom stereocenters. The molecule has 1 fully saturated rings. The van der Waals surface area contributed by atoms with Gasteiger partial charge in [-0.25, -0.2) is 4.68 Å². The van der Waals surface area contributed by atoms with Crippen molar-refractivity contribution in [3.63, 3.8) is 0 Å². The maximum atomic E-state index is 12.7. The Kier molecular flexibility index (Phi) is 4.68. The van der Waals surface area contributed by atoms with Crippen molar-refractivity contribution >= 4 is 33.6 Å². The molecule has 1 aromatic heterocycles. The van der Waals surface area contributed by atoms with Crippen LogP contribution in [-0.4, -0.2) is 38.0 Å². The van der Waals surface area contributed by atoms with E-state index in [2.05, 4.69) is 36.8 Å². The number of carbonyl (C=O) groups excluding carboxylic acids is 1. The Bertz CT molecular complexity index is 795. The predicted octanol–water partition coefficient (Wildman–Crippen LogP) is 2.89. The maximum Gasteiger partial charge on any atom is 0.233 e. The molecular weight excluding hydrogens is 406 g/mol. The molecule has 1 amide bonds. The molecule has 2 heterocycles. The molecule has 2 atom stereocenters. The second-order valence-electron chi connectivity index (χ2n) is 6.28. The summed E-state index contributed by atoms with van der Waals surface area (Å²) in [5.41, 5.74) is 1.01. The lowest BCUT2D eigenvalue weighted by Gasteiger charge is -2.27. The van der Waals surface area contributed by atoms with Gasteiger partial charge in [-0.05, 0) is 48.4 Å². The monoisotopic (exact) mass is 423 g/mol. The zero-order valence-electron chi connectivity index (χ0n) is 13.7. The molecule has 1 aliphatic heterocycles. The zero-order valence-corrected chi connectivity index (χ0v) is 16.1. The third-order valence-corrected chi connectivity index (χ3v) is 5.88. The van der Waals surface area contributed by atoms with Crippen LogP contribution in [0.25, 0.3) is 0 Å². The van der Waals surface area contributed by atoms with Crippen LogP contribution in [-0.2, 0) is 4.79 Å². The van der Waals surface area contributed by atoms with Crippen molar-refractivity contribution in [2.24, 2.45) is 0 Å². The molecule has 1 N–H and O–H groups in total. The lowest BCUT2D eigenvalue weighted by atomic mass is 10.0. The number of tetrazole rings is 1. The van der Waals surface area contributed by atoms with Gasteiger partial charge in [0.05, 0.1) is 23.9 Å². The Hall–Kier alpha value is -1.61. The topological polar surface area (TPSA) is 81.9 Å². The third-order valence-electron chi connectivity index (χ3n) is 4.33. The van der Waals surface area contributed by atoms with Gasteiger partial charge in [0.25, 0.3) is 0 Å². The molecule has 0 bridgehead atoms. The molecule has 132 valence electrons. The van der Waals surface area contributed by atoms with Gasteiger partial charge in [0, 0.05) is 16.5 Å². The number of nitrogens with zero attached hydrogens (tertiary/aromatic N) is 4. The van der Waals surface area contributed by atoms with Crippen LogP contribution in [0.2, 0.25) is 0 Å². The van der Waals surface area contributed by atoms with Crippen LogP contribution in [0.15, 0.2) is 27.8 Å². The molecule has 2 aliphatic rings. The minimum absolute atomic E-state index is 0.0202. The maximum absolute atomic E-state index is 12.7. The van der Waals surface area contributed by atoms with Crippen LogP contribution in [0.5, 0.6) is 5.75 Å². The van der Waals surface area contributed by atoms with Gasteiger partial charge in [-0.3, -0.25) is 4.79 Å². The third kappa shape index (κ3) is 3.67. The van der Waals surface area contributed by atoms with Crippen LogP contribution < -0.4 is 10.1 Å². The number of thioether (sulfide) groups is 1. The van der Waals surface area contributed by atoms with E-state index in [0.717, 1.165) is 35.0 Å². The fourth-order valence-electron chi connectivity index (χ4n) is 2.83. The van der Waals surface area contributed by atoms with Crippen molar-refractivity contribution in [2.75, 3.05) is 6.61 Å². The number of ether oxygens (including phenoxy) is 1. The zero-order chi connectivity index (χ0) is 17.4. The normalized spacial score (nSPS) is 20.5. The number of fused-ring (bicyclic) bond motifs is 1. The van der Waals surface area contributed by atoms with Gasteiger partial charge >= 0.3 is 0 Å². The molecule has 1 aromatic carbocycles. The van der Waals surface area contributed by atoms with Crippen LogP contribution >= 0.6 is 27.7 Å². The van der Waals surface area contributed by atoms with Gasteiger partial charge in [0.1, 0.15) is 5.75 Å². The summed E-state index contributed by atoms with van der Waals surface area (Å²) in [5, 5.41) is 15.4. The first-order valence-corrected chi connectivity index (χ1v) is 9.96. The summed E-state index contributed by atoms with van der Waals surface area (Å²) in [6.45, 7) is 2.48. The largest absolute Gasteiger partial charge is 0.493 e. The summed E-state index contributed by atoms with van der Waals surface area (Å²) < 4.78 is 8.48. The van der Waals surface area contributed by atoms with Crippen molar-refractivity contribution in [3.05, 3.63) is 28.2 Å². The molecule has 1 aliphatic carbocycles. The van der Waals surface area contributed by atoms with Gasteiger partial charge in [-0.15, -0.1) is 5.10 Å². The second-order valence-corrected chi connectivity index (χ2v) is 8.50. The first-order valence-electron chi connectivity index (χ1n) is 8.29. The molecule has 1 saturated carbocycles. The average molecular weight is 424 g/mol. The van der Waals surface area contributed by atoms with Gasteiger partial charge < -0.3 is 10.1 Å². The standard InChI is InChI=1S/C16H18BrN5O2S/c1-9(25-16-19-20-21-22(16)11-3-4-11)15(23)18-13-6-7-24-14-5-2-10(17)8-12(13)14/h2,5,8-9,11,13H,3-4,6-7H2,1H3,(H,18,23). The molecule has 0 spiro atoms. The van der Waals surface area contributed by atoms with E-state index in [9.17, 15) is 4.79 Å². The number of rotatable bonds is 5. The quantitative estimate of drug-likeness (QED) is 0.744. The van der Waals surface area contributed by atoms with E-state index in [-0.39, 0.29) is 17.2 Å². The van der Waals surface area contributed by atoms with Crippen molar-refractivity contribution in [2.45, 2.75) is 48.7 Å². The molecule has 4 rings (SSSR count). The Morgan fingerprint density at radius 2 is 2.28 bits per heavy atom. The molecule has 25 heavy (non-hydrogen) atoms. The van der Waals surface area contributed by atoms with Gasteiger partial charge in [0.2, 0.25) is 11.1 Å². The number of halogens is 1. The second kappa shape index (κ2) is 6.95. The van der Waals surface area contributed by atoms with E-state index in [0.29, 0.717) is 17.8 Å². The number of amides is 1.